The number of aromatic nitrogens is 3. The van der Waals surface area contributed by atoms with Crippen LogP contribution in [-0.2, 0) is 6.54 Å². The number of hydrogen-bond acceptors (Lipinski definition) is 5. The predicted molar refractivity (Wildman–Crippen MR) is 121 cm³/mol. The number of carbonyl (C=O) groups excluding carboxylic acids is 1. The summed E-state index contributed by atoms with van der Waals surface area (Å²) in [5, 5.41) is 8.48. The number of ether oxygens (including phenoxy) is 1. The lowest BCUT2D eigenvalue weighted by Crippen LogP contribution is -2.31. The number of nitrogens with one attached hydrogen (secondary N) is 1. The molecule has 0 saturated carbocycles. The molecule has 2 aromatic carbocycles. The highest BCUT2D eigenvalue weighted by Gasteiger charge is 2.16. The van der Waals surface area contributed by atoms with Gasteiger partial charge >= 0.3 is 5.69 Å². The van der Waals surface area contributed by atoms with Gasteiger partial charge in [-0.15, -0.1) is 5.10 Å². The molecular weight excluding hydrogens is 418 g/mol. The third-order valence-corrected chi connectivity index (χ3v) is 5.49. The summed E-state index contributed by atoms with van der Waals surface area (Å²) in [5.74, 6) is -0.0606. The molecular formula is C22H22ClN5O3. The molecule has 0 aliphatic heterocycles. The van der Waals surface area contributed by atoms with Crippen LogP contribution in [0.5, 0.6) is 5.75 Å². The number of nitrogen functional groups attached to an aromatic ring is 1. The standard InChI is InChI=1S/C22H22ClN5O3/c1-12-4-5-14-9-13(2)20-26-27(22(30)28(20)18(14)8-12)7-6-25-21(29)15-10-16(23)17(24)11-19(15)31-3/h4-5,8-11H,6-7,24H2,1-3H3,(H,25,29). The fourth-order valence-electron chi connectivity index (χ4n) is 3.58. The van der Waals surface area contributed by atoms with Crippen LogP contribution in [0.4, 0.5) is 5.69 Å². The number of halogens is 1. The lowest BCUT2D eigenvalue weighted by molar-refractivity contribution is 0.0949. The van der Waals surface area contributed by atoms with Gasteiger partial charge in [-0.25, -0.2) is 13.9 Å². The molecule has 4 rings (SSSR count). The molecule has 3 N–H and O–H groups in total. The van der Waals surface area contributed by atoms with Crippen LogP contribution in [0.15, 0.2) is 41.2 Å². The molecule has 160 valence electrons. The molecule has 0 bridgehead atoms. The molecule has 0 unspecified atom stereocenters. The minimum absolute atomic E-state index is 0.198. The van der Waals surface area contributed by atoms with Crippen LogP contribution in [-0.4, -0.2) is 33.7 Å². The van der Waals surface area contributed by atoms with Crippen LogP contribution in [0.3, 0.4) is 0 Å². The number of benzene rings is 2. The Bertz CT molecular complexity index is 1390. The number of nitrogens with two attached hydrogens (primary N) is 1. The lowest BCUT2D eigenvalue weighted by atomic mass is 10.1. The smallest absolute Gasteiger partial charge is 0.350 e. The number of amides is 1. The van der Waals surface area contributed by atoms with Crippen LogP contribution >= 0.6 is 11.6 Å². The third-order valence-electron chi connectivity index (χ3n) is 5.16. The molecule has 1 amide bonds. The molecule has 31 heavy (non-hydrogen) atoms. The van der Waals surface area contributed by atoms with Crippen molar-refractivity contribution in [1.29, 1.82) is 0 Å². The molecule has 2 heterocycles. The highest BCUT2D eigenvalue weighted by molar-refractivity contribution is 6.33. The number of fused-ring (bicyclic) bond motifs is 3. The lowest BCUT2D eigenvalue weighted by Gasteiger charge is -2.11. The molecule has 0 aliphatic rings. The van der Waals surface area contributed by atoms with E-state index in [4.69, 9.17) is 22.1 Å². The van der Waals surface area contributed by atoms with Gasteiger partial charge < -0.3 is 15.8 Å². The van der Waals surface area contributed by atoms with Crippen LogP contribution in [0.1, 0.15) is 21.5 Å². The van der Waals surface area contributed by atoms with Crippen molar-refractivity contribution in [1.82, 2.24) is 19.5 Å². The minimum atomic E-state index is -0.382. The Morgan fingerprint density at radius 2 is 2.00 bits per heavy atom. The quantitative estimate of drug-likeness (QED) is 0.465. The van der Waals surface area contributed by atoms with Gasteiger partial charge in [-0.05, 0) is 48.6 Å². The Balaban J connectivity index is 1.60. The second kappa shape index (κ2) is 7.96. The maximum absolute atomic E-state index is 13.0. The van der Waals surface area contributed by atoms with E-state index in [0.717, 1.165) is 22.0 Å². The van der Waals surface area contributed by atoms with Crippen LogP contribution in [0, 0.1) is 13.8 Å². The summed E-state index contributed by atoms with van der Waals surface area (Å²) < 4.78 is 8.19. The number of pyridine rings is 1. The van der Waals surface area contributed by atoms with Crippen molar-refractivity contribution in [3.8, 4) is 5.75 Å². The molecule has 2 aromatic heterocycles. The summed E-state index contributed by atoms with van der Waals surface area (Å²) in [4.78, 5) is 25.6. The second-order valence-electron chi connectivity index (χ2n) is 7.38. The van der Waals surface area contributed by atoms with E-state index in [9.17, 15) is 9.59 Å². The van der Waals surface area contributed by atoms with E-state index in [0.29, 0.717) is 17.1 Å². The van der Waals surface area contributed by atoms with E-state index in [-0.39, 0.29) is 35.3 Å². The van der Waals surface area contributed by atoms with E-state index in [1.807, 2.05) is 38.1 Å². The molecule has 0 saturated heterocycles. The summed E-state index contributed by atoms with van der Waals surface area (Å²) in [6, 6.07) is 10.9. The SMILES string of the molecule is COc1cc(N)c(Cl)cc1C(=O)NCCn1nc2c(C)cc3ccc(C)cc3n2c1=O. The van der Waals surface area contributed by atoms with E-state index in [1.165, 1.54) is 23.9 Å². The van der Waals surface area contributed by atoms with Gasteiger partial charge in [0.25, 0.3) is 5.91 Å². The summed E-state index contributed by atoms with van der Waals surface area (Å²) in [7, 11) is 1.45. The van der Waals surface area contributed by atoms with Crippen LogP contribution in [0.2, 0.25) is 5.02 Å². The molecule has 0 fully saturated rings. The van der Waals surface area contributed by atoms with Gasteiger partial charge in [0.05, 0.1) is 35.4 Å². The van der Waals surface area contributed by atoms with Crippen molar-refractivity contribution >= 4 is 39.7 Å². The van der Waals surface area contributed by atoms with Crippen molar-refractivity contribution in [3.05, 3.63) is 68.6 Å². The van der Waals surface area contributed by atoms with Crippen LogP contribution in [0.25, 0.3) is 16.6 Å². The second-order valence-corrected chi connectivity index (χ2v) is 7.79. The first-order chi connectivity index (χ1) is 14.8. The Morgan fingerprint density at radius 1 is 1.23 bits per heavy atom. The number of anilines is 1. The van der Waals surface area contributed by atoms with Crippen molar-refractivity contribution in [3.63, 3.8) is 0 Å². The Labute approximate surface area is 183 Å². The molecule has 0 aliphatic carbocycles. The Kier molecular flexibility index (Phi) is 5.32. The maximum atomic E-state index is 13.0. The zero-order chi connectivity index (χ0) is 22.3. The number of rotatable bonds is 5. The Hall–Kier alpha value is -3.52. The molecule has 9 heteroatoms. The Morgan fingerprint density at radius 3 is 2.74 bits per heavy atom. The number of carbonyl (C=O) groups is 1. The van der Waals surface area contributed by atoms with Gasteiger partial charge in [0.1, 0.15) is 5.75 Å². The van der Waals surface area contributed by atoms with E-state index in [1.54, 1.807) is 4.40 Å². The zero-order valence-electron chi connectivity index (χ0n) is 17.4. The first-order valence-electron chi connectivity index (χ1n) is 9.71. The highest BCUT2D eigenvalue weighted by atomic mass is 35.5. The zero-order valence-corrected chi connectivity index (χ0v) is 18.2. The summed E-state index contributed by atoms with van der Waals surface area (Å²) in [6.07, 6.45) is 0. The molecule has 0 spiro atoms. The van der Waals surface area contributed by atoms with Gasteiger partial charge in [-0.3, -0.25) is 4.79 Å². The van der Waals surface area contributed by atoms with Gasteiger partial charge in [-0.2, -0.15) is 0 Å². The number of nitrogens with zero attached hydrogens (tertiary/aromatic N) is 3. The molecule has 8 nitrogen and oxygen atoms in total. The molecule has 0 radical (unpaired) electrons. The first-order valence-corrected chi connectivity index (χ1v) is 10.1. The number of hydrogen-bond donors (Lipinski definition) is 2. The normalized spacial score (nSPS) is 11.2. The average Bonchev–Trinajstić information content (AvgIpc) is 3.07. The fraction of sp³-hybridized carbons (Fsp3) is 0.227. The first kappa shape index (κ1) is 20.7. The van der Waals surface area contributed by atoms with Gasteiger partial charge in [0, 0.05) is 12.6 Å². The van der Waals surface area contributed by atoms with Gasteiger partial charge in [0.15, 0.2) is 5.65 Å². The third kappa shape index (κ3) is 3.70. The van der Waals surface area contributed by atoms with E-state index >= 15 is 0 Å². The summed E-state index contributed by atoms with van der Waals surface area (Å²) >= 11 is 6.04. The monoisotopic (exact) mass is 439 g/mol. The topological polar surface area (TPSA) is 104 Å². The van der Waals surface area contributed by atoms with E-state index < -0.39 is 0 Å². The van der Waals surface area contributed by atoms with Crippen molar-refractivity contribution in [2.75, 3.05) is 19.4 Å². The predicted octanol–water partition coefficient (Wildman–Crippen LogP) is 2.94. The summed E-state index contributed by atoms with van der Waals surface area (Å²) in [5.41, 5.74) is 9.46. The van der Waals surface area contributed by atoms with Crippen molar-refractivity contribution in [2.24, 2.45) is 0 Å². The fourth-order valence-corrected chi connectivity index (χ4v) is 3.74. The van der Waals surface area contributed by atoms with Crippen molar-refractivity contribution < 1.29 is 9.53 Å². The maximum Gasteiger partial charge on any atom is 0.350 e. The van der Waals surface area contributed by atoms with Crippen LogP contribution < -0.4 is 21.5 Å². The number of methoxy groups -OCH3 is 1. The molecule has 4 aromatic rings. The number of aryl methyl sites for hydroxylation is 2. The summed E-state index contributed by atoms with van der Waals surface area (Å²) in [6.45, 7) is 4.31. The minimum Gasteiger partial charge on any atom is -0.496 e. The largest absolute Gasteiger partial charge is 0.496 e. The van der Waals surface area contributed by atoms with Crippen molar-refractivity contribution in [2.45, 2.75) is 20.4 Å². The average molecular weight is 440 g/mol. The molecule has 0 atom stereocenters. The van der Waals surface area contributed by atoms with E-state index in [2.05, 4.69) is 10.4 Å². The highest BCUT2D eigenvalue weighted by Crippen LogP contribution is 2.28. The van der Waals surface area contributed by atoms with Gasteiger partial charge in [-0.1, -0.05) is 23.7 Å². The van der Waals surface area contributed by atoms with Gasteiger partial charge in [0.2, 0.25) is 0 Å².